The van der Waals surface area contributed by atoms with Crippen molar-refractivity contribution in [3.63, 3.8) is 0 Å². The fourth-order valence-electron chi connectivity index (χ4n) is 3.02. The molecular weight excluding hydrogens is 236 g/mol. The van der Waals surface area contributed by atoms with Crippen LogP contribution < -0.4 is 5.73 Å². The maximum absolute atomic E-state index is 5.99. The minimum Gasteiger partial charge on any atom is -0.381 e. The van der Waals surface area contributed by atoms with Gasteiger partial charge in [-0.1, -0.05) is 29.8 Å². The van der Waals surface area contributed by atoms with Gasteiger partial charge < -0.3 is 10.5 Å². The summed E-state index contributed by atoms with van der Waals surface area (Å²) in [4.78, 5) is 2.38. The van der Waals surface area contributed by atoms with Crippen molar-refractivity contribution in [2.75, 3.05) is 26.8 Å². The molecule has 1 heterocycles. The Hall–Kier alpha value is -0.900. The molecule has 0 aromatic heterocycles. The molecule has 0 spiro atoms. The fraction of sp³-hybridized carbons (Fsp3) is 0.625. The van der Waals surface area contributed by atoms with Gasteiger partial charge in [-0.3, -0.25) is 4.90 Å². The summed E-state index contributed by atoms with van der Waals surface area (Å²) in [5.74, 6) is 0.577. The average Bonchev–Trinajstić information content (AvgIpc) is 2.41. The molecule has 0 saturated carbocycles. The van der Waals surface area contributed by atoms with E-state index in [9.17, 15) is 0 Å². The standard InChI is InChI=1S/C16H26N2O/c1-13-5-3-6-14(9-13)11-18(2)16(10-17)15-7-4-8-19-12-15/h3,5-6,9,15-16H,4,7-8,10-12,17H2,1-2H3. The fourth-order valence-corrected chi connectivity index (χ4v) is 3.02. The third-order valence-electron chi connectivity index (χ3n) is 4.06. The first-order chi connectivity index (χ1) is 9.20. The Bertz CT molecular complexity index is 388. The molecule has 2 N–H and O–H groups in total. The number of benzene rings is 1. The van der Waals surface area contributed by atoms with Gasteiger partial charge in [0.05, 0.1) is 6.61 Å². The van der Waals surface area contributed by atoms with Gasteiger partial charge in [0.15, 0.2) is 0 Å². The van der Waals surface area contributed by atoms with E-state index in [1.807, 2.05) is 0 Å². The lowest BCUT2D eigenvalue weighted by atomic mass is 9.92. The summed E-state index contributed by atoms with van der Waals surface area (Å²) < 4.78 is 5.60. The van der Waals surface area contributed by atoms with Crippen molar-refractivity contribution in [2.45, 2.75) is 32.4 Å². The van der Waals surface area contributed by atoms with E-state index < -0.39 is 0 Å². The summed E-state index contributed by atoms with van der Waals surface area (Å²) in [6.07, 6.45) is 2.40. The molecule has 3 nitrogen and oxygen atoms in total. The SMILES string of the molecule is Cc1cccc(CN(C)C(CN)C2CCCOC2)c1. The Morgan fingerprint density at radius 3 is 2.95 bits per heavy atom. The van der Waals surface area contributed by atoms with Crippen LogP contribution in [0.1, 0.15) is 24.0 Å². The Morgan fingerprint density at radius 1 is 1.47 bits per heavy atom. The van der Waals surface area contributed by atoms with Crippen molar-refractivity contribution < 1.29 is 4.74 Å². The highest BCUT2D eigenvalue weighted by Crippen LogP contribution is 2.21. The number of ether oxygens (including phenoxy) is 1. The summed E-state index contributed by atoms with van der Waals surface area (Å²) in [7, 11) is 2.18. The van der Waals surface area contributed by atoms with E-state index >= 15 is 0 Å². The number of hydrogen-bond acceptors (Lipinski definition) is 3. The van der Waals surface area contributed by atoms with Crippen molar-refractivity contribution in [1.29, 1.82) is 0 Å². The molecule has 2 unspecified atom stereocenters. The van der Waals surface area contributed by atoms with Gasteiger partial charge in [-0.05, 0) is 38.3 Å². The van der Waals surface area contributed by atoms with E-state index in [1.54, 1.807) is 0 Å². The van der Waals surface area contributed by atoms with Gasteiger partial charge in [-0.2, -0.15) is 0 Å². The molecule has 1 aliphatic heterocycles. The van der Waals surface area contributed by atoms with Gasteiger partial charge in [-0.25, -0.2) is 0 Å². The molecule has 106 valence electrons. The lowest BCUT2D eigenvalue weighted by molar-refractivity contribution is 0.0156. The van der Waals surface area contributed by atoms with Crippen LogP contribution in [0.2, 0.25) is 0 Å². The van der Waals surface area contributed by atoms with Crippen molar-refractivity contribution in [1.82, 2.24) is 4.90 Å². The molecule has 1 aromatic carbocycles. The number of likely N-dealkylation sites (N-methyl/N-ethyl adjacent to an activating group) is 1. The first kappa shape index (κ1) is 14.5. The highest BCUT2D eigenvalue weighted by Gasteiger charge is 2.26. The first-order valence-electron chi connectivity index (χ1n) is 7.24. The minimum atomic E-state index is 0.417. The second-order valence-corrected chi connectivity index (χ2v) is 5.68. The zero-order valence-corrected chi connectivity index (χ0v) is 12.1. The largest absolute Gasteiger partial charge is 0.381 e. The maximum atomic E-state index is 5.99. The molecule has 2 atom stereocenters. The van der Waals surface area contributed by atoms with Crippen LogP contribution in [0.4, 0.5) is 0 Å². The Balaban J connectivity index is 1.97. The predicted octanol–water partition coefficient (Wildman–Crippen LogP) is 2.18. The molecular formula is C16H26N2O. The number of hydrogen-bond donors (Lipinski definition) is 1. The van der Waals surface area contributed by atoms with Crippen molar-refractivity contribution in [2.24, 2.45) is 11.7 Å². The maximum Gasteiger partial charge on any atom is 0.0509 e. The van der Waals surface area contributed by atoms with Gasteiger partial charge in [0.2, 0.25) is 0 Å². The van der Waals surface area contributed by atoms with Crippen LogP contribution in [0.15, 0.2) is 24.3 Å². The Kier molecular flexibility index (Phi) is 5.37. The highest BCUT2D eigenvalue weighted by atomic mass is 16.5. The second kappa shape index (κ2) is 7.04. The third kappa shape index (κ3) is 4.03. The molecule has 1 saturated heterocycles. The summed E-state index contributed by atoms with van der Waals surface area (Å²) in [5, 5.41) is 0. The number of rotatable bonds is 5. The molecule has 0 aliphatic carbocycles. The van der Waals surface area contributed by atoms with Crippen LogP contribution >= 0.6 is 0 Å². The monoisotopic (exact) mass is 262 g/mol. The van der Waals surface area contributed by atoms with E-state index in [4.69, 9.17) is 10.5 Å². The average molecular weight is 262 g/mol. The zero-order chi connectivity index (χ0) is 13.7. The van der Waals surface area contributed by atoms with E-state index in [1.165, 1.54) is 24.0 Å². The van der Waals surface area contributed by atoms with E-state index in [2.05, 4.69) is 43.1 Å². The van der Waals surface area contributed by atoms with Gasteiger partial charge in [-0.15, -0.1) is 0 Å². The predicted molar refractivity (Wildman–Crippen MR) is 79.0 cm³/mol. The topological polar surface area (TPSA) is 38.5 Å². The number of nitrogens with zero attached hydrogens (tertiary/aromatic N) is 1. The van der Waals surface area contributed by atoms with Gasteiger partial charge >= 0.3 is 0 Å². The smallest absolute Gasteiger partial charge is 0.0509 e. The van der Waals surface area contributed by atoms with Crippen LogP contribution in [0.25, 0.3) is 0 Å². The number of nitrogens with two attached hydrogens (primary N) is 1. The van der Waals surface area contributed by atoms with Crippen molar-refractivity contribution in [3.8, 4) is 0 Å². The summed E-state index contributed by atoms with van der Waals surface area (Å²) in [6, 6.07) is 9.12. The normalized spacial score (nSPS) is 21.6. The quantitative estimate of drug-likeness (QED) is 0.884. The molecule has 1 fully saturated rings. The minimum absolute atomic E-state index is 0.417. The zero-order valence-electron chi connectivity index (χ0n) is 12.1. The Labute approximate surface area is 116 Å². The van der Waals surface area contributed by atoms with Gasteiger partial charge in [0.25, 0.3) is 0 Å². The highest BCUT2D eigenvalue weighted by molar-refractivity contribution is 5.22. The summed E-state index contributed by atoms with van der Waals surface area (Å²) >= 11 is 0. The molecule has 3 heteroatoms. The van der Waals surface area contributed by atoms with Crippen LogP contribution in [0.5, 0.6) is 0 Å². The van der Waals surface area contributed by atoms with E-state index in [0.717, 1.165) is 19.8 Å². The van der Waals surface area contributed by atoms with Crippen molar-refractivity contribution in [3.05, 3.63) is 35.4 Å². The molecule has 0 radical (unpaired) electrons. The van der Waals surface area contributed by atoms with E-state index in [-0.39, 0.29) is 0 Å². The molecule has 1 aliphatic rings. The van der Waals surface area contributed by atoms with Crippen molar-refractivity contribution >= 4 is 0 Å². The second-order valence-electron chi connectivity index (χ2n) is 5.68. The van der Waals surface area contributed by atoms with E-state index in [0.29, 0.717) is 18.5 Å². The summed E-state index contributed by atoms with van der Waals surface area (Å²) in [5.41, 5.74) is 8.67. The van der Waals surface area contributed by atoms with Gasteiger partial charge in [0.1, 0.15) is 0 Å². The third-order valence-corrected chi connectivity index (χ3v) is 4.06. The molecule has 2 rings (SSSR count). The molecule has 1 aromatic rings. The lowest BCUT2D eigenvalue weighted by Crippen LogP contribution is -2.45. The Morgan fingerprint density at radius 2 is 2.32 bits per heavy atom. The molecule has 19 heavy (non-hydrogen) atoms. The van der Waals surface area contributed by atoms with Crippen LogP contribution in [-0.2, 0) is 11.3 Å². The first-order valence-corrected chi connectivity index (χ1v) is 7.24. The summed E-state index contributed by atoms with van der Waals surface area (Å²) in [6.45, 7) is 5.57. The van der Waals surface area contributed by atoms with Crippen LogP contribution in [0.3, 0.4) is 0 Å². The molecule has 0 bridgehead atoms. The lowest BCUT2D eigenvalue weighted by Gasteiger charge is -2.36. The van der Waals surface area contributed by atoms with Crippen LogP contribution in [0, 0.1) is 12.8 Å². The molecule has 0 amide bonds. The van der Waals surface area contributed by atoms with Gasteiger partial charge in [0, 0.05) is 25.7 Å². The number of aryl methyl sites for hydroxylation is 1. The van der Waals surface area contributed by atoms with Crippen LogP contribution in [-0.4, -0.2) is 37.7 Å².